The second kappa shape index (κ2) is 3.32. The Bertz CT molecular complexity index is 431. The summed E-state index contributed by atoms with van der Waals surface area (Å²) in [5.41, 5.74) is 5.52. The van der Waals surface area contributed by atoms with Crippen molar-refractivity contribution < 1.29 is 0 Å². The van der Waals surface area contributed by atoms with E-state index in [9.17, 15) is 9.59 Å². The third-order valence-electron chi connectivity index (χ3n) is 2.35. The summed E-state index contributed by atoms with van der Waals surface area (Å²) in [6.45, 7) is 5.21. The Morgan fingerprint density at radius 2 is 1.79 bits per heavy atom. The van der Waals surface area contributed by atoms with Gasteiger partial charge in [0.25, 0.3) is 5.56 Å². The minimum atomic E-state index is -0.402. The second-order valence-electron chi connectivity index (χ2n) is 3.61. The lowest BCUT2D eigenvalue weighted by atomic mass is 10.3. The van der Waals surface area contributed by atoms with E-state index in [4.69, 9.17) is 5.73 Å². The molecule has 0 atom stereocenters. The van der Waals surface area contributed by atoms with Crippen LogP contribution < -0.4 is 17.0 Å². The van der Waals surface area contributed by atoms with Gasteiger partial charge in [0.2, 0.25) is 0 Å². The average Bonchev–Trinajstić information content (AvgIpc) is 2.11. The molecule has 1 aromatic rings. The highest BCUT2D eigenvalue weighted by atomic mass is 16.2. The highest BCUT2D eigenvalue weighted by molar-refractivity contribution is 5.39. The summed E-state index contributed by atoms with van der Waals surface area (Å²) in [6, 6.07) is -0.177. The van der Waals surface area contributed by atoms with Gasteiger partial charge in [-0.05, 0) is 20.8 Å². The predicted molar refractivity (Wildman–Crippen MR) is 55.5 cm³/mol. The van der Waals surface area contributed by atoms with E-state index in [-0.39, 0.29) is 17.4 Å². The zero-order valence-electron chi connectivity index (χ0n) is 8.87. The average molecular weight is 197 g/mol. The Labute approximate surface area is 81.8 Å². The van der Waals surface area contributed by atoms with Crippen LogP contribution in [0.1, 0.15) is 25.6 Å². The molecule has 0 aliphatic heterocycles. The quantitative estimate of drug-likeness (QED) is 0.690. The van der Waals surface area contributed by atoms with Crippen LogP contribution in [-0.2, 0) is 7.05 Å². The molecule has 5 nitrogen and oxygen atoms in total. The number of rotatable bonds is 1. The molecule has 0 fully saturated rings. The number of hydrogen-bond donors (Lipinski definition) is 1. The minimum Gasteiger partial charge on any atom is -0.393 e. The molecule has 5 heteroatoms. The first-order chi connectivity index (χ1) is 6.37. The first-order valence-corrected chi connectivity index (χ1v) is 4.45. The van der Waals surface area contributed by atoms with Crippen molar-refractivity contribution in [3.05, 3.63) is 26.5 Å². The van der Waals surface area contributed by atoms with E-state index < -0.39 is 5.56 Å². The smallest absolute Gasteiger partial charge is 0.331 e. The summed E-state index contributed by atoms with van der Waals surface area (Å²) in [6.07, 6.45) is 0. The molecule has 0 amide bonds. The maximum atomic E-state index is 11.7. The summed E-state index contributed by atoms with van der Waals surface area (Å²) < 4.78 is 2.54. The number of nitrogens with zero attached hydrogens (tertiary/aromatic N) is 2. The summed E-state index contributed by atoms with van der Waals surface area (Å²) in [4.78, 5) is 23.3. The Morgan fingerprint density at radius 3 is 2.21 bits per heavy atom. The van der Waals surface area contributed by atoms with Crippen LogP contribution in [0.5, 0.6) is 0 Å². The molecule has 0 saturated carbocycles. The van der Waals surface area contributed by atoms with Crippen LogP contribution in [0.2, 0.25) is 0 Å². The van der Waals surface area contributed by atoms with E-state index in [0.29, 0.717) is 5.69 Å². The van der Waals surface area contributed by atoms with Crippen LogP contribution in [0.4, 0.5) is 5.69 Å². The Morgan fingerprint density at radius 1 is 1.29 bits per heavy atom. The summed E-state index contributed by atoms with van der Waals surface area (Å²) in [5, 5.41) is 0. The number of aromatic nitrogens is 2. The van der Waals surface area contributed by atoms with E-state index in [1.165, 1.54) is 4.57 Å². The topological polar surface area (TPSA) is 70.0 Å². The van der Waals surface area contributed by atoms with E-state index in [1.54, 1.807) is 27.8 Å². The second-order valence-corrected chi connectivity index (χ2v) is 3.61. The fourth-order valence-electron chi connectivity index (χ4n) is 1.31. The van der Waals surface area contributed by atoms with Gasteiger partial charge in [0.1, 0.15) is 5.69 Å². The summed E-state index contributed by atoms with van der Waals surface area (Å²) >= 11 is 0. The monoisotopic (exact) mass is 197 g/mol. The van der Waals surface area contributed by atoms with Gasteiger partial charge >= 0.3 is 5.69 Å². The first-order valence-electron chi connectivity index (χ1n) is 4.45. The molecule has 78 valence electrons. The highest BCUT2D eigenvalue weighted by Gasteiger charge is 2.13. The zero-order chi connectivity index (χ0) is 11.0. The maximum absolute atomic E-state index is 11.7. The fourth-order valence-corrected chi connectivity index (χ4v) is 1.31. The molecule has 0 spiro atoms. The van der Waals surface area contributed by atoms with Crippen molar-refractivity contribution >= 4 is 5.69 Å². The van der Waals surface area contributed by atoms with Crippen LogP contribution in [0.15, 0.2) is 9.59 Å². The van der Waals surface area contributed by atoms with E-state index in [1.807, 2.05) is 0 Å². The lowest BCUT2D eigenvalue weighted by molar-refractivity contribution is 0.519. The molecule has 0 saturated heterocycles. The largest absolute Gasteiger partial charge is 0.393 e. The first kappa shape index (κ1) is 10.6. The number of anilines is 1. The lowest BCUT2D eigenvalue weighted by Crippen LogP contribution is -2.42. The van der Waals surface area contributed by atoms with Crippen molar-refractivity contribution in [2.45, 2.75) is 26.8 Å². The molecule has 0 unspecified atom stereocenters. The van der Waals surface area contributed by atoms with Crippen molar-refractivity contribution in [2.75, 3.05) is 5.73 Å². The zero-order valence-corrected chi connectivity index (χ0v) is 8.87. The van der Waals surface area contributed by atoms with Gasteiger partial charge in [0.05, 0.1) is 0 Å². The number of nitrogen functional groups attached to an aromatic ring is 1. The van der Waals surface area contributed by atoms with Gasteiger partial charge in [-0.3, -0.25) is 13.9 Å². The van der Waals surface area contributed by atoms with Crippen molar-refractivity contribution in [3.63, 3.8) is 0 Å². The van der Waals surface area contributed by atoms with E-state index in [2.05, 4.69) is 0 Å². The van der Waals surface area contributed by atoms with Crippen molar-refractivity contribution in [3.8, 4) is 0 Å². The molecule has 0 radical (unpaired) electrons. The highest BCUT2D eigenvalue weighted by Crippen LogP contribution is 2.02. The summed E-state index contributed by atoms with van der Waals surface area (Å²) in [5.74, 6) is 0. The Balaban J connectivity index is 3.79. The molecule has 2 N–H and O–H groups in total. The van der Waals surface area contributed by atoms with Crippen LogP contribution in [0, 0.1) is 6.92 Å². The third-order valence-corrected chi connectivity index (χ3v) is 2.35. The standard InChI is InChI=1S/C9H15N3O2/c1-5(2)12-8(13)7(10)6(3)11(4)9(12)14/h5H,10H2,1-4H3. The van der Waals surface area contributed by atoms with Gasteiger partial charge in [-0.1, -0.05) is 0 Å². The fraction of sp³-hybridized carbons (Fsp3) is 0.556. The lowest BCUT2D eigenvalue weighted by Gasteiger charge is -2.13. The molecule has 0 aliphatic carbocycles. The molecule has 0 bridgehead atoms. The van der Waals surface area contributed by atoms with Gasteiger partial charge in [-0.25, -0.2) is 4.79 Å². The van der Waals surface area contributed by atoms with Crippen molar-refractivity contribution in [2.24, 2.45) is 7.05 Å². The molecule has 1 aromatic heterocycles. The summed E-state index contributed by atoms with van der Waals surface area (Å²) in [7, 11) is 1.60. The Hall–Kier alpha value is -1.52. The third kappa shape index (κ3) is 1.34. The van der Waals surface area contributed by atoms with Gasteiger partial charge in [0, 0.05) is 18.8 Å². The van der Waals surface area contributed by atoms with Gasteiger partial charge in [-0.2, -0.15) is 0 Å². The molecule has 14 heavy (non-hydrogen) atoms. The maximum Gasteiger partial charge on any atom is 0.331 e. The van der Waals surface area contributed by atoms with Crippen LogP contribution >= 0.6 is 0 Å². The van der Waals surface area contributed by atoms with Crippen LogP contribution in [0.3, 0.4) is 0 Å². The molecular weight excluding hydrogens is 182 g/mol. The number of hydrogen-bond acceptors (Lipinski definition) is 3. The predicted octanol–water partition coefficient (Wildman–Crippen LogP) is 0.0185. The van der Waals surface area contributed by atoms with Crippen LogP contribution in [0.25, 0.3) is 0 Å². The van der Waals surface area contributed by atoms with Gasteiger partial charge < -0.3 is 5.73 Å². The molecule has 1 heterocycles. The van der Waals surface area contributed by atoms with Gasteiger partial charge in [0.15, 0.2) is 0 Å². The van der Waals surface area contributed by atoms with Crippen molar-refractivity contribution in [1.82, 2.24) is 9.13 Å². The molecular formula is C9H15N3O2. The van der Waals surface area contributed by atoms with Gasteiger partial charge in [-0.15, -0.1) is 0 Å². The van der Waals surface area contributed by atoms with E-state index in [0.717, 1.165) is 4.57 Å². The molecule has 1 rings (SSSR count). The van der Waals surface area contributed by atoms with Crippen molar-refractivity contribution in [1.29, 1.82) is 0 Å². The molecule has 0 aromatic carbocycles. The SMILES string of the molecule is Cc1c(N)c(=O)n(C(C)C)c(=O)n1C. The van der Waals surface area contributed by atoms with Crippen LogP contribution in [-0.4, -0.2) is 9.13 Å². The molecule has 0 aliphatic rings. The Kier molecular flexibility index (Phi) is 2.51. The van der Waals surface area contributed by atoms with E-state index >= 15 is 0 Å². The normalized spacial score (nSPS) is 10.9. The number of nitrogens with two attached hydrogens (primary N) is 1. The minimum absolute atomic E-state index is 0.140.